The van der Waals surface area contributed by atoms with Crippen LogP contribution in [-0.4, -0.2) is 26.0 Å². The van der Waals surface area contributed by atoms with Crippen LogP contribution < -0.4 is 0 Å². The summed E-state index contributed by atoms with van der Waals surface area (Å²) in [6, 6.07) is 9.49. The zero-order valence-electron chi connectivity index (χ0n) is 11.2. The molecule has 5 nitrogen and oxygen atoms in total. The zero-order chi connectivity index (χ0) is 14.8. The monoisotopic (exact) mass is 298 g/mol. The minimum Gasteiger partial charge on any atom is -0.298 e. The Bertz CT molecular complexity index is 796. The summed E-state index contributed by atoms with van der Waals surface area (Å²) >= 11 is 5.78. The first-order valence-electron chi connectivity index (χ1n) is 6.28. The highest BCUT2D eigenvalue weighted by Gasteiger charge is 2.12. The molecule has 21 heavy (non-hydrogen) atoms. The summed E-state index contributed by atoms with van der Waals surface area (Å²) in [5.41, 5.74) is 3.13. The third-order valence-electron chi connectivity index (χ3n) is 3.04. The standard InChI is InChI=1S/C15H11ClN4O/c1-10-2-4-11(5-3-10)14-12(9-21)8-20(19-14)13-6-7-17-15(16)18-13/h2-9H,1H3. The quantitative estimate of drug-likeness (QED) is 0.550. The van der Waals surface area contributed by atoms with Crippen LogP contribution in [0.1, 0.15) is 15.9 Å². The number of hydrogen-bond acceptors (Lipinski definition) is 4. The highest BCUT2D eigenvalue weighted by molar-refractivity contribution is 6.28. The predicted octanol–water partition coefficient (Wildman–Crippen LogP) is 3.10. The van der Waals surface area contributed by atoms with E-state index in [0.717, 1.165) is 17.4 Å². The number of aryl methyl sites for hydroxylation is 1. The molecule has 0 saturated carbocycles. The molecular weight excluding hydrogens is 288 g/mol. The van der Waals surface area contributed by atoms with Crippen molar-refractivity contribution < 1.29 is 4.79 Å². The fourth-order valence-corrected chi connectivity index (χ4v) is 2.12. The molecule has 0 aliphatic heterocycles. The van der Waals surface area contributed by atoms with Gasteiger partial charge < -0.3 is 0 Å². The summed E-state index contributed by atoms with van der Waals surface area (Å²) in [6.45, 7) is 2.01. The van der Waals surface area contributed by atoms with Gasteiger partial charge in [-0.3, -0.25) is 4.79 Å². The zero-order valence-corrected chi connectivity index (χ0v) is 11.9. The predicted molar refractivity (Wildman–Crippen MR) is 79.7 cm³/mol. The number of carbonyl (C=O) groups is 1. The van der Waals surface area contributed by atoms with E-state index in [1.54, 1.807) is 18.5 Å². The van der Waals surface area contributed by atoms with Crippen LogP contribution in [0.5, 0.6) is 0 Å². The molecule has 3 rings (SSSR count). The van der Waals surface area contributed by atoms with Gasteiger partial charge in [0.2, 0.25) is 5.28 Å². The Labute approximate surface area is 126 Å². The van der Waals surface area contributed by atoms with E-state index in [4.69, 9.17) is 11.6 Å². The molecule has 0 unspecified atom stereocenters. The topological polar surface area (TPSA) is 60.7 Å². The molecule has 0 saturated heterocycles. The van der Waals surface area contributed by atoms with Crippen LogP contribution in [0.3, 0.4) is 0 Å². The maximum atomic E-state index is 11.3. The average molecular weight is 299 g/mol. The lowest BCUT2D eigenvalue weighted by molar-refractivity contribution is 0.112. The van der Waals surface area contributed by atoms with Crippen LogP contribution in [-0.2, 0) is 0 Å². The Kier molecular flexibility index (Phi) is 3.50. The molecule has 3 aromatic rings. The Balaban J connectivity index is 2.10. The Morgan fingerprint density at radius 1 is 1.19 bits per heavy atom. The van der Waals surface area contributed by atoms with E-state index in [1.165, 1.54) is 4.68 Å². The molecular formula is C15H11ClN4O. The molecule has 2 heterocycles. The number of nitrogens with zero attached hydrogens (tertiary/aromatic N) is 4. The SMILES string of the molecule is Cc1ccc(-c2nn(-c3ccnc(Cl)n3)cc2C=O)cc1. The molecule has 0 fully saturated rings. The molecule has 0 spiro atoms. The summed E-state index contributed by atoms with van der Waals surface area (Å²) < 4.78 is 1.52. The molecule has 0 aliphatic carbocycles. The fourth-order valence-electron chi connectivity index (χ4n) is 1.98. The van der Waals surface area contributed by atoms with Crippen LogP contribution in [0, 0.1) is 6.92 Å². The smallest absolute Gasteiger partial charge is 0.224 e. The first-order valence-corrected chi connectivity index (χ1v) is 6.66. The van der Waals surface area contributed by atoms with E-state index in [2.05, 4.69) is 15.1 Å². The third kappa shape index (κ3) is 2.68. The van der Waals surface area contributed by atoms with Crippen molar-refractivity contribution in [1.29, 1.82) is 0 Å². The molecule has 0 aliphatic rings. The van der Waals surface area contributed by atoms with Crippen molar-refractivity contribution >= 4 is 17.9 Å². The minimum absolute atomic E-state index is 0.132. The van der Waals surface area contributed by atoms with Crippen molar-refractivity contribution in [2.75, 3.05) is 0 Å². The average Bonchev–Trinajstić information content (AvgIpc) is 2.92. The van der Waals surface area contributed by atoms with Gasteiger partial charge in [0.05, 0.1) is 5.56 Å². The summed E-state index contributed by atoms with van der Waals surface area (Å²) in [5, 5.41) is 4.56. The van der Waals surface area contributed by atoms with E-state index in [9.17, 15) is 4.79 Å². The maximum absolute atomic E-state index is 11.3. The van der Waals surface area contributed by atoms with Crippen LogP contribution in [0.25, 0.3) is 17.1 Å². The van der Waals surface area contributed by atoms with Crippen molar-refractivity contribution in [3.8, 4) is 17.1 Å². The van der Waals surface area contributed by atoms with Crippen molar-refractivity contribution in [2.45, 2.75) is 6.92 Å². The van der Waals surface area contributed by atoms with Gasteiger partial charge >= 0.3 is 0 Å². The molecule has 1 aromatic carbocycles. The van der Waals surface area contributed by atoms with E-state index in [0.29, 0.717) is 17.1 Å². The number of aldehydes is 1. The van der Waals surface area contributed by atoms with Gasteiger partial charge in [-0.1, -0.05) is 29.8 Å². The first kappa shape index (κ1) is 13.5. The van der Waals surface area contributed by atoms with Crippen LogP contribution in [0.4, 0.5) is 0 Å². The lowest BCUT2D eigenvalue weighted by Gasteiger charge is -2.00. The second-order valence-corrected chi connectivity index (χ2v) is 4.88. The second kappa shape index (κ2) is 5.46. The lowest BCUT2D eigenvalue weighted by Crippen LogP contribution is -1.99. The number of hydrogen-bond donors (Lipinski definition) is 0. The van der Waals surface area contributed by atoms with Crippen molar-refractivity contribution in [2.24, 2.45) is 0 Å². The number of benzene rings is 1. The summed E-state index contributed by atoms with van der Waals surface area (Å²) in [7, 11) is 0. The number of rotatable bonds is 3. The lowest BCUT2D eigenvalue weighted by atomic mass is 10.1. The Hall–Kier alpha value is -2.53. The van der Waals surface area contributed by atoms with Gasteiger partial charge in [0.1, 0.15) is 5.69 Å². The van der Waals surface area contributed by atoms with Crippen molar-refractivity contribution in [3.63, 3.8) is 0 Å². The maximum Gasteiger partial charge on any atom is 0.224 e. The van der Waals surface area contributed by atoms with Crippen LogP contribution in [0.15, 0.2) is 42.7 Å². The third-order valence-corrected chi connectivity index (χ3v) is 3.22. The van der Waals surface area contributed by atoms with Gasteiger partial charge in [-0.2, -0.15) is 10.1 Å². The van der Waals surface area contributed by atoms with E-state index < -0.39 is 0 Å². The van der Waals surface area contributed by atoms with Crippen LogP contribution >= 0.6 is 11.6 Å². The molecule has 0 N–H and O–H groups in total. The normalized spacial score (nSPS) is 10.6. The molecule has 2 aromatic heterocycles. The van der Waals surface area contributed by atoms with Crippen molar-refractivity contribution in [1.82, 2.24) is 19.7 Å². The molecule has 104 valence electrons. The van der Waals surface area contributed by atoms with E-state index >= 15 is 0 Å². The minimum atomic E-state index is 0.132. The number of halogens is 1. The highest BCUT2D eigenvalue weighted by atomic mass is 35.5. The summed E-state index contributed by atoms with van der Waals surface area (Å²) in [5.74, 6) is 0.511. The first-order chi connectivity index (χ1) is 10.2. The summed E-state index contributed by atoms with van der Waals surface area (Å²) in [6.07, 6.45) is 3.95. The van der Waals surface area contributed by atoms with Gasteiger partial charge in [0.15, 0.2) is 12.1 Å². The van der Waals surface area contributed by atoms with Crippen molar-refractivity contribution in [3.05, 3.63) is 59.1 Å². The van der Waals surface area contributed by atoms with E-state index in [-0.39, 0.29) is 5.28 Å². The number of carbonyl (C=O) groups excluding carboxylic acids is 1. The Morgan fingerprint density at radius 3 is 2.62 bits per heavy atom. The largest absolute Gasteiger partial charge is 0.298 e. The van der Waals surface area contributed by atoms with Gasteiger partial charge in [0, 0.05) is 24.0 Å². The highest BCUT2D eigenvalue weighted by Crippen LogP contribution is 2.22. The molecule has 0 atom stereocenters. The van der Waals surface area contributed by atoms with Crippen LogP contribution in [0.2, 0.25) is 5.28 Å². The molecule has 0 radical (unpaired) electrons. The molecule has 0 bridgehead atoms. The van der Waals surface area contributed by atoms with Gasteiger partial charge in [-0.05, 0) is 18.5 Å². The fraction of sp³-hybridized carbons (Fsp3) is 0.0667. The van der Waals surface area contributed by atoms with Gasteiger partial charge in [-0.15, -0.1) is 0 Å². The molecule has 0 amide bonds. The number of aromatic nitrogens is 4. The Morgan fingerprint density at radius 2 is 1.95 bits per heavy atom. The summed E-state index contributed by atoms with van der Waals surface area (Å²) in [4.78, 5) is 19.2. The second-order valence-electron chi connectivity index (χ2n) is 4.55. The van der Waals surface area contributed by atoms with Gasteiger partial charge in [0.25, 0.3) is 0 Å². The van der Waals surface area contributed by atoms with E-state index in [1.807, 2.05) is 31.2 Å². The molecule has 6 heteroatoms. The van der Waals surface area contributed by atoms with Gasteiger partial charge in [-0.25, -0.2) is 9.67 Å².